The highest BCUT2D eigenvalue weighted by Gasteiger charge is 2.28. The van der Waals surface area contributed by atoms with Crippen molar-refractivity contribution in [3.8, 4) is 0 Å². The second-order valence-corrected chi connectivity index (χ2v) is 5.83. The van der Waals surface area contributed by atoms with Gasteiger partial charge in [-0.05, 0) is 73.4 Å². The van der Waals surface area contributed by atoms with Crippen molar-refractivity contribution in [3.05, 3.63) is 0 Å². The molecule has 0 amide bonds. The van der Waals surface area contributed by atoms with Gasteiger partial charge in [0.05, 0.1) is 7.11 Å². The van der Waals surface area contributed by atoms with Crippen LogP contribution in [0.25, 0.3) is 0 Å². The number of carbonyl (C=O) groups is 1. The van der Waals surface area contributed by atoms with Crippen LogP contribution in [0.1, 0.15) is 32.6 Å². The maximum Gasteiger partial charge on any atom is 0.325 e. The third-order valence-corrected chi connectivity index (χ3v) is 3.28. The van der Waals surface area contributed by atoms with Gasteiger partial charge in [-0.2, -0.15) is 0 Å². The smallest absolute Gasteiger partial charge is 0.325 e. The number of rotatable bonds is 10. The van der Waals surface area contributed by atoms with E-state index in [1.807, 2.05) is 0 Å². The molecule has 2 N–H and O–H groups in total. The first-order valence-electron chi connectivity index (χ1n) is 7.00. The molecule has 0 radical (unpaired) electrons. The summed E-state index contributed by atoms with van der Waals surface area (Å²) in [6.45, 7) is 5.01. The van der Waals surface area contributed by atoms with E-state index in [2.05, 4.69) is 35.7 Å². The van der Waals surface area contributed by atoms with Gasteiger partial charge in [-0.1, -0.05) is 0 Å². The van der Waals surface area contributed by atoms with Crippen LogP contribution < -0.4 is 5.73 Å². The molecule has 0 aromatic carbocycles. The van der Waals surface area contributed by atoms with Gasteiger partial charge < -0.3 is 20.3 Å². The monoisotopic (exact) mass is 273 g/mol. The molecule has 0 aromatic rings. The average Bonchev–Trinajstić information content (AvgIpc) is 2.33. The van der Waals surface area contributed by atoms with Gasteiger partial charge in [0, 0.05) is 0 Å². The highest BCUT2D eigenvalue weighted by molar-refractivity contribution is 5.79. The molecular weight excluding hydrogens is 242 g/mol. The Morgan fingerprint density at radius 2 is 1.68 bits per heavy atom. The molecule has 5 heteroatoms. The van der Waals surface area contributed by atoms with Crippen molar-refractivity contribution in [3.63, 3.8) is 0 Å². The molecule has 1 atom stereocenters. The summed E-state index contributed by atoms with van der Waals surface area (Å²) in [4.78, 5) is 15.9. The minimum absolute atomic E-state index is 0.327. The summed E-state index contributed by atoms with van der Waals surface area (Å²) >= 11 is 0. The molecular formula is C14H31N3O2. The van der Waals surface area contributed by atoms with Crippen molar-refractivity contribution in [1.29, 1.82) is 0 Å². The molecule has 0 saturated carbocycles. The first kappa shape index (κ1) is 18.4. The summed E-state index contributed by atoms with van der Waals surface area (Å²) in [5.41, 5.74) is 5.06. The van der Waals surface area contributed by atoms with Gasteiger partial charge in [0.2, 0.25) is 0 Å². The molecule has 0 bridgehead atoms. The van der Waals surface area contributed by atoms with E-state index < -0.39 is 5.54 Å². The fraction of sp³-hybridized carbons (Fsp3) is 0.929. The Hall–Kier alpha value is -0.650. The van der Waals surface area contributed by atoms with Crippen molar-refractivity contribution in [2.45, 2.75) is 38.1 Å². The first-order chi connectivity index (χ1) is 8.79. The number of unbranched alkanes of at least 4 members (excludes halogenated alkanes) is 1. The highest BCUT2D eigenvalue weighted by Crippen LogP contribution is 2.12. The minimum Gasteiger partial charge on any atom is -0.468 e. The predicted molar refractivity (Wildman–Crippen MR) is 79.1 cm³/mol. The normalized spacial score (nSPS) is 14.7. The number of ether oxygens (including phenoxy) is 1. The number of methoxy groups -OCH3 is 1. The number of nitrogens with two attached hydrogens (primary N) is 1. The zero-order valence-electron chi connectivity index (χ0n) is 13.2. The summed E-state index contributed by atoms with van der Waals surface area (Å²) in [5.74, 6) is -0.327. The molecule has 0 spiro atoms. The lowest BCUT2D eigenvalue weighted by Crippen LogP contribution is -2.45. The van der Waals surface area contributed by atoms with E-state index in [-0.39, 0.29) is 5.97 Å². The van der Waals surface area contributed by atoms with Crippen LogP contribution in [0.4, 0.5) is 0 Å². The van der Waals surface area contributed by atoms with Crippen LogP contribution in [0.5, 0.6) is 0 Å². The number of nitrogens with zero attached hydrogens (tertiary/aromatic N) is 2. The van der Waals surface area contributed by atoms with Crippen molar-refractivity contribution >= 4 is 5.97 Å². The van der Waals surface area contributed by atoms with Crippen LogP contribution in [0.2, 0.25) is 0 Å². The Morgan fingerprint density at radius 1 is 1.11 bits per heavy atom. The maximum absolute atomic E-state index is 11.4. The van der Waals surface area contributed by atoms with Crippen molar-refractivity contribution < 1.29 is 9.53 Å². The van der Waals surface area contributed by atoms with Crippen molar-refractivity contribution in [2.24, 2.45) is 5.73 Å². The van der Waals surface area contributed by atoms with E-state index in [0.717, 1.165) is 32.5 Å². The van der Waals surface area contributed by atoms with Crippen LogP contribution >= 0.6 is 0 Å². The number of hydrogen-bond acceptors (Lipinski definition) is 5. The molecule has 0 aliphatic rings. The lowest BCUT2D eigenvalue weighted by atomic mass is 9.96. The molecule has 0 aliphatic carbocycles. The molecule has 0 rings (SSSR count). The van der Waals surface area contributed by atoms with E-state index in [1.54, 1.807) is 6.92 Å². The van der Waals surface area contributed by atoms with E-state index in [9.17, 15) is 4.79 Å². The van der Waals surface area contributed by atoms with Crippen molar-refractivity contribution in [2.75, 3.05) is 47.9 Å². The molecule has 19 heavy (non-hydrogen) atoms. The van der Waals surface area contributed by atoms with Crippen LogP contribution in [0.15, 0.2) is 0 Å². The summed E-state index contributed by atoms with van der Waals surface area (Å²) in [6, 6.07) is 0. The predicted octanol–water partition coefficient (Wildman–Crippen LogP) is 0.931. The van der Waals surface area contributed by atoms with Gasteiger partial charge in [-0.3, -0.25) is 4.79 Å². The van der Waals surface area contributed by atoms with E-state index in [4.69, 9.17) is 5.73 Å². The second-order valence-electron chi connectivity index (χ2n) is 5.83. The molecule has 114 valence electrons. The third kappa shape index (κ3) is 8.97. The Morgan fingerprint density at radius 3 is 2.21 bits per heavy atom. The van der Waals surface area contributed by atoms with Gasteiger partial charge in [-0.25, -0.2) is 0 Å². The maximum atomic E-state index is 11.4. The third-order valence-electron chi connectivity index (χ3n) is 3.28. The Bertz CT molecular complexity index is 255. The SMILES string of the molecule is COC(=O)C(C)(N)CCCCN(C)CCCN(C)C. The van der Waals surface area contributed by atoms with Gasteiger partial charge >= 0.3 is 5.97 Å². The Balaban J connectivity index is 3.65. The van der Waals surface area contributed by atoms with E-state index >= 15 is 0 Å². The van der Waals surface area contributed by atoms with Gasteiger partial charge in [0.25, 0.3) is 0 Å². The number of carbonyl (C=O) groups excluding carboxylic acids is 1. The summed E-state index contributed by atoms with van der Waals surface area (Å²) < 4.78 is 4.69. The van der Waals surface area contributed by atoms with E-state index in [0.29, 0.717) is 6.42 Å². The Labute approximate surface area is 118 Å². The quantitative estimate of drug-likeness (QED) is 0.474. The molecule has 0 saturated heterocycles. The van der Waals surface area contributed by atoms with Crippen LogP contribution in [0, 0.1) is 0 Å². The average molecular weight is 273 g/mol. The highest BCUT2D eigenvalue weighted by atomic mass is 16.5. The van der Waals surface area contributed by atoms with Gasteiger partial charge in [0.15, 0.2) is 0 Å². The molecule has 0 heterocycles. The van der Waals surface area contributed by atoms with Crippen LogP contribution in [-0.2, 0) is 9.53 Å². The second kappa shape index (κ2) is 9.28. The Kier molecular flexibility index (Phi) is 8.97. The number of esters is 1. The van der Waals surface area contributed by atoms with Gasteiger partial charge in [-0.15, -0.1) is 0 Å². The largest absolute Gasteiger partial charge is 0.468 e. The summed E-state index contributed by atoms with van der Waals surface area (Å²) in [6.07, 6.45) is 3.86. The molecule has 0 fully saturated rings. The summed E-state index contributed by atoms with van der Waals surface area (Å²) in [7, 11) is 7.70. The topological polar surface area (TPSA) is 58.8 Å². The molecule has 0 aliphatic heterocycles. The zero-order valence-corrected chi connectivity index (χ0v) is 13.2. The van der Waals surface area contributed by atoms with Crippen LogP contribution in [-0.4, -0.2) is 69.2 Å². The fourth-order valence-corrected chi connectivity index (χ4v) is 1.98. The van der Waals surface area contributed by atoms with Crippen LogP contribution in [0.3, 0.4) is 0 Å². The summed E-state index contributed by atoms with van der Waals surface area (Å²) in [5, 5.41) is 0. The minimum atomic E-state index is -0.849. The molecule has 5 nitrogen and oxygen atoms in total. The fourth-order valence-electron chi connectivity index (χ4n) is 1.98. The lowest BCUT2D eigenvalue weighted by Gasteiger charge is -2.22. The van der Waals surface area contributed by atoms with Gasteiger partial charge in [0.1, 0.15) is 5.54 Å². The lowest BCUT2D eigenvalue weighted by molar-refractivity contribution is -0.146. The standard InChI is InChI=1S/C14H31N3O2/c1-14(15,13(18)19-5)9-6-7-11-17(4)12-8-10-16(2)3/h6-12,15H2,1-5H3. The molecule has 0 aromatic heterocycles. The number of hydrogen-bond donors (Lipinski definition) is 1. The zero-order chi connectivity index (χ0) is 14.9. The molecule has 1 unspecified atom stereocenters. The van der Waals surface area contributed by atoms with E-state index in [1.165, 1.54) is 13.5 Å². The first-order valence-corrected chi connectivity index (χ1v) is 7.00. The van der Waals surface area contributed by atoms with Crippen molar-refractivity contribution in [1.82, 2.24) is 9.80 Å².